The number of nitrogens with one attached hydrogen (secondary N) is 1. The molecule has 0 aliphatic carbocycles. The third-order valence-electron chi connectivity index (χ3n) is 5.19. The van der Waals surface area contributed by atoms with Gasteiger partial charge in [0.2, 0.25) is 10.3 Å². The summed E-state index contributed by atoms with van der Waals surface area (Å²) >= 11 is 7.78. The number of piperazine rings is 1. The number of nitrogens with zero attached hydrogens (tertiary/aromatic N) is 5. The van der Waals surface area contributed by atoms with Crippen molar-refractivity contribution in [3.8, 4) is 5.13 Å². The number of likely N-dealkylation sites (N-methyl/N-ethyl adjacent to an activating group) is 1. The molecule has 148 valence electrons. The fourth-order valence-electron chi connectivity index (χ4n) is 3.41. The molecule has 0 amide bonds. The van der Waals surface area contributed by atoms with Crippen molar-refractivity contribution in [2.24, 2.45) is 0 Å². The Morgan fingerprint density at radius 3 is 2.68 bits per heavy atom. The average molecular weight is 417 g/mol. The van der Waals surface area contributed by atoms with Crippen LogP contribution >= 0.6 is 22.9 Å². The second kappa shape index (κ2) is 8.51. The lowest BCUT2D eigenvalue weighted by Crippen LogP contribution is -2.46. The molecule has 28 heavy (non-hydrogen) atoms. The summed E-state index contributed by atoms with van der Waals surface area (Å²) in [7, 11) is 0. The first-order valence-electron chi connectivity index (χ1n) is 9.61. The van der Waals surface area contributed by atoms with E-state index in [4.69, 9.17) is 11.6 Å². The zero-order valence-electron chi connectivity index (χ0n) is 16.2. The Bertz CT molecular complexity index is 928. The molecule has 0 bridgehead atoms. The lowest BCUT2D eigenvalue weighted by molar-refractivity contribution is 0.271. The van der Waals surface area contributed by atoms with Crippen LogP contribution in [0.5, 0.6) is 0 Å². The van der Waals surface area contributed by atoms with E-state index in [2.05, 4.69) is 49.8 Å². The smallest absolute Gasteiger partial charge is 0.218 e. The number of hydrogen-bond acceptors (Lipinski definition) is 6. The van der Waals surface area contributed by atoms with Gasteiger partial charge in [-0.25, -0.2) is 0 Å². The van der Waals surface area contributed by atoms with Gasteiger partial charge < -0.3 is 15.1 Å². The van der Waals surface area contributed by atoms with E-state index >= 15 is 0 Å². The molecule has 3 aromatic rings. The fourth-order valence-corrected chi connectivity index (χ4v) is 4.49. The molecule has 3 heterocycles. The Balaban J connectivity index is 1.46. The van der Waals surface area contributed by atoms with Crippen molar-refractivity contribution in [2.75, 3.05) is 42.9 Å². The van der Waals surface area contributed by atoms with Crippen LogP contribution in [0.3, 0.4) is 0 Å². The summed E-state index contributed by atoms with van der Waals surface area (Å²) < 4.78 is 2.11. The van der Waals surface area contributed by atoms with E-state index in [9.17, 15) is 0 Å². The highest BCUT2D eigenvalue weighted by Gasteiger charge is 2.20. The topological polar surface area (TPSA) is 49.2 Å². The maximum absolute atomic E-state index is 6.13. The summed E-state index contributed by atoms with van der Waals surface area (Å²) in [4.78, 5) is 4.80. The van der Waals surface area contributed by atoms with E-state index in [0.29, 0.717) is 6.54 Å². The van der Waals surface area contributed by atoms with Crippen molar-refractivity contribution >= 4 is 33.8 Å². The number of halogens is 1. The molecule has 4 rings (SSSR count). The molecule has 0 atom stereocenters. The summed E-state index contributed by atoms with van der Waals surface area (Å²) in [6.45, 7) is 10.3. The second-order valence-corrected chi connectivity index (χ2v) is 8.34. The molecule has 1 N–H and O–H groups in total. The number of hydrogen-bond donors (Lipinski definition) is 1. The van der Waals surface area contributed by atoms with E-state index in [1.54, 1.807) is 11.3 Å². The summed E-state index contributed by atoms with van der Waals surface area (Å²) in [5.41, 5.74) is 3.36. The highest BCUT2D eigenvalue weighted by atomic mass is 35.5. The van der Waals surface area contributed by atoms with Gasteiger partial charge in [0.05, 0.1) is 6.54 Å². The zero-order chi connectivity index (χ0) is 19.5. The first-order chi connectivity index (χ1) is 13.6. The molecule has 1 aliphatic heterocycles. The molecule has 1 saturated heterocycles. The van der Waals surface area contributed by atoms with E-state index in [1.165, 1.54) is 5.56 Å². The predicted octanol–water partition coefficient (Wildman–Crippen LogP) is 4.04. The molecule has 1 aliphatic rings. The normalized spacial score (nSPS) is 15.2. The maximum atomic E-state index is 6.13. The van der Waals surface area contributed by atoms with E-state index in [1.807, 2.05) is 30.5 Å². The third-order valence-corrected chi connectivity index (χ3v) is 6.41. The second-order valence-electron chi connectivity index (χ2n) is 6.97. The highest BCUT2D eigenvalue weighted by molar-refractivity contribution is 7.17. The van der Waals surface area contributed by atoms with Gasteiger partial charge in [-0.2, -0.15) is 0 Å². The van der Waals surface area contributed by atoms with Crippen LogP contribution in [0, 0.1) is 6.92 Å². The molecule has 0 saturated carbocycles. The van der Waals surface area contributed by atoms with Gasteiger partial charge in [0.15, 0.2) is 0 Å². The average Bonchev–Trinajstić information content (AvgIpc) is 3.38. The van der Waals surface area contributed by atoms with Crippen LogP contribution in [0.25, 0.3) is 5.13 Å². The molecular weight excluding hydrogens is 392 g/mol. The van der Waals surface area contributed by atoms with Crippen LogP contribution < -0.4 is 10.2 Å². The number of anilines is 2. The first-order valence-corrected chi connectivity index (χ1v) is 10.8. The molecular formula is C20H25ClN6S. The highest BCUT2D eigenvalue weighted by Crippen LogP contribution is 2.26. The summed E-state index contributed by atoms with van der Waals surface area (Å²) in [5, 5.41) is 15.0. The molecule has 8 heteroatoms. The number of aromatic nitrogens is 3. The van der Waals surface area contributed by atoms with Crippen LogP contribution in [0.2, 0.25) is 5.02 Å². The monoisotopic (exact) mass is 416 g/mol. The largest absolute Gasteiger partial charge is 0.379 e. The molecule has 0 unspecified atom stereocenters. The summed E-state index contributed by atoms with van der Waals surface area (Å²) in [6.07, 6.45) is 2.04. The SMILES string of the molecule is CCN1CCN(c2nnc(-n3cccc3CNc3cc(Cl)ccc3C)s2)CC1. The van der Waals surface area contributed by atoms with Gasteiger partial charge in [0, 0.05) is 48.8 Å². The van der Waals surface area contributed by atoms with Crippen LogP contribution in [0.4, 0.5) is 10.8 Å². The van der Waals surface area contributed by atoms with Gasteiger partial charge in [-0.1, -0.05) is 35.9 Å². The predicted molar refractivity (Wildman–Crippen MR) is 117 cm³/mol. The Labute approximate surface area is 174 Å². The fraction of sp³-hybridized carbons (Fsp3) is 0.400. The Hall–Kier alpha value is -2.09. The van der Waals surface area contributed by atoms with Gasteiger partial charge in [-0.05, 0) is 43.3 Å². The van der Waals surface area contributed by atoms with Crippen molar-refractivity contribution in [1.29, 1.82) is 0 Å². The van der Waals surface area contributed by atoms with Gasteiger partial charge in [0.25, 0.3) is 0 Å². The molecule has 0 spiro atoms. The lowest BCUT2D eigenvalue weighted by atomic mass is 10.2. The van der Waals surface area contributed by atoms with Gasteiger partial charge in [-0.3, -0.25) is 4.57 Å². The Morgan fingerprint density at radius 2 is 1.89 bits per heavy atom. The summed E-state index contributed by atoms with van der Waals surface area (Å²) in [5.74, 6) is 0. The van der Waals surface area contributed by atoms with Crippen LogP contribution in [0.1, 0.15) is 18.2 Å². The van der Waals surface area contributed by atoms with Gasteiger partial charge in [-0.15, -0.1) is 10.2 Å². The van der Waals surface area contributed by atoms with Crippen LogP contribution in [-0.4, -0.2) is 52.4 Å². The van der Waals surface area contributed by atoms with Gasteiger partial charge in [0.1, 0.15) is 0 Å². The van der Waals surface area contributed by atoms with E-state index in [0.717, 1.165) is 59.4 Å². The van der Waals surface area contributed by atoms with Crippen molar-refractivity contribution in [1.82, 2.24) is 19.7 Å². The Morgan fingerprint density at radius 1 is 1.11 bits per heavy atom. The molecule has 2 aromatic heterocycles. The molecule has 1 aromatic carbocycles. The van der Waals surface area contributed by atoms with Crippen molar-refractivity contribution < 1.29 is 0 Å². The Kier molecular flexibility index (Phi) is 5.85. The minimum absolute atomic E-state index is 0.693. The van der Waals surface area contributed by atoms with E-state index in [-0.39, 0.29) is 0 Å². The minimum atomic E-state index is 0.693. The van der Waals surface area contributed by atoms with Crippen molar-refractivity contribution in [3.05, 3.63) is 52.8 Å². The van der Waals surface area contributed by atoms with Crippen molar-refractivity contribution in [3.63, 3.8) is 0 Å². The first kappa shape index (κ1) is 19.2. The van der Waals surface area contributed by atoms with Gasteiger partial charge >= 0.3 is 0 Å². The van der Waals surface area contributed by atoms with Crippen molar-refractivity contribution in [2.45, 2.75) is 20.4 Å². The number of benzene rings is 1. The molecule has 6 nitrogen and oxygen atoms in total. The zero-order valence-corrected chi connectivity index (χ0v) is 17.8. The van der Waals surface area contributed by atoms with Crippen LogP contribution in [0.15, 0.2) is 36.5 Å². The third kappa shape index (κ3) is 4.16. The molecule has 1 fully saturated rings. The van der Waals surface area contributed by atoms with Crippen LogP contribution in [-0.2, 0) is 6.54 Å². The standard InChI is InChI=1S/C20H25ClN6S/c1-3-25-9-11-26(12-10-25)19-23-24-20(28-19)27-8-4-5-17(27)14-22-18-13-16(21)7-6-15(18)2/h4-8,13,22H,3,9-12,14H2,1-2H3. The minimum Gasteiger partial charge on any atom is -0.379 e. The number of aryl methyl sites for hydroxylation is 1. The maximum Gasteiger partial charge on any atom is 0.218 e. The van der Waals surface area contributed by atoms with E-state index < -0.39 is 0 Å². The quantitative estimate of drug-likeness (QED) is 0.657. The number of rotatable bonds is 6. The summed E-state index contributed by atoms with van der Waals surface area (Å²) in [6, 6.07) is 10.0. The lowest BCUT2D eigenvalue weighted by Gasteiger charge is -2.33. The molecule has 0 radical (unpaired) electrons.